The number of carbonyl (C=O) groups excluding carboxylic acids is 1. The molecule has 1 atom stereocenters. The number of hydrogen-bond acceptors (Lipinski definition) is 3. The summed E-state index contributed by atoms with van der Waals surface area (Å²) in [5.41, 5.74) is 5.70. The number of hydrogen-bond donors (Lipinski definition) is 0. The summed E-state index contributed by atoms with van der Waals surface area (Å²) in [6.45, 7) is 6.82. The monoisotopic (exact) mass is 359 g/mol. The summed E-state index contributed by atoms with van der Waals surface area (Å²) in [5.74, 6) is 0.101. The molecular formula is C23H25N3O. The van der Waals surface area contributed by atoms with Crippen LogP contribution in [0.4, 0.5) is 0 Å². The van der Waals surface area contributed by atoms with Gasteiger partial charge in [-0.05, 0) is 69.9 Å². The fourth-order valence-corrected chi connectivity index (χ4v) is 4.07. The van der Waals surface area contributed by atoms with E-state index in [4.69, 9.17) is 4.98 Å². The molecule has 1 aliphatic heterocycles. The van der Waals surface area contributed by atoms with Crippen LogP contribution in [0.25, 0.3) is 10.9 Å². The first kappa shape index (κ1) is 17.7. The number of amides is 1. The number of carbonyl (C=O) groups is 1. The lowest BCUT2D eigenvalue weighted by atomic mass is 9.94. The van der Waals surface area contributed by atoms with E-state index in [0.717, 1.165) is 64.8 Å². The third-order valence-corrected chi connectivity index (χ3v) is 5.63. The zero-order chi connectivity index (χ0) is 19.0. The summed E-state index contributed by atoms with van der Waals surface area (Å²) in [5, 5.41) is 0.952. The quantitative estimate of drug-likeness (QED) is 0.652. The Morgan fingerprint density at radius 2 is 1.96 bits per heavy atom. The van der Waals surface area contributed by atoms with Crippen LogP contribution in [0, 0.1) is 20.8 Å². The highest BCUT2D eigenvalue weighted by Crippen LogP contribution is 2.33. The molecule has 1 aromatic carbocycles. The van der Waals surface area contributed by atoms with Crippen molar-refractivity contribution >= 4 is 16.8 Å². The number of rotatable bonds is 2. The molecule has 4 rings (SSSR count). The number of pyridine rings is 2. The van der Waals surface area contributed by atoms with E-state index in [0.29, 0.717) is 0 Å². The Kier molecular flexibility index (Phi) is 4.65. The molecule has 0 unspecified atom stereocenters. The molecule has 0 spiro atoms. The zero-order valence-electron chi connectivity index (χ0n) is 16.2. The molecule has 0 aliphatic carbocycles. The van der Waals surface area contributed by atoms with Gasteiger partial charge in [0.05, 0.1) is 22.8 Å². The summed E-state index contributed by atoms with van der Waals surface area (Å²) >= 11 is 0. The van der Waals surface area contributed by atoms with Gasteiger partial charge in [-0.15, -0.1) is 0 Å². The molecule has 1 saturated heterocycles. The van der Waals surface area contributed by atoms with E-state index in [1.807, 2.05) is 49.2 Å². The highest BCUT2D eigenvalue weighted by atomic mass is 16.2. The number of piperidine rings is 1. The van der Waals surface area contributed by atoms with Crippen molar-refractivity contribution in [3.8, 4) is 0 Å². The molecule has 3 heterocycles. The second-order valence-corrected chi connectivity index (χ2v) is 7.48. The van der Waals surface area contributed by atoms with Crippen LogP contribution in [0.15, 0.2) is 42.6 Å². The van der Waals surface area contributed by atoms with E-state index in [9.17, 15) is 4.79 Å². The van der Waals surface area contributed by atoms with E-state index in [2.05, 4.69) is 24.0 Å². The Balaban J connectivity index is 1.84. The van der Waals surface area contributed by atoms with E-state index < -0.39 is 0 Å². The van der Waals surface area contributed by atoms with Gasteiger partial charge < -0.3 is 4.90 Å². The zero-order valence-corrected chi connectivity index (χ0v) is 16.2. The predicted molar refractivity (Wildman–Crippen MR) is 108 cm³/mol. The average Bonchev–Trinajstić information content (AvgIpc) is 2.70. The fraction of sp³-hybridized carbons (Fsp3) is 0.348. The van der Waals surface area contributed by atoms with Crippen molar-refractivity contribution < 1.29 is 4.79 Å². The summed E-state index contributed by atoms with van der Waals surface area (Å²) in [7, 11) is 0. The SMILES string of the molecule is Cc1ccc2nc(C)c(C)c(C(=O)N3CCCC[C@H]3c3ccccn3)c2c1. The summed E-state index contributed by atoms with van der Waals surface area (Å²) in [6.07, 6.45) is 4.93. The molecule has 0 bridgehead atoms. The maximum atomic E-state index is 13.8. The van der Waals surface area contributed by atoms with Crippen LogP contribution in [0.3, 0.4) is 0 Å². The van der Waals surface area contributed by atoms with Gasteiger partial charge in [0.2, 0.25) is 0 Å². The molecule has 0 radical (unpaired) electrons. The number of fused-ring (bicyclic) bond motifs is 1. The number of nitrogens with zero attached hydrogens (tertiary/aromatic N) is 3. The Morgan fingerprint density at radius 1 is 1.11 bits per heavy atom. The minimum atomic E-state index is 0.0418. The highest BCUT2D eigenvalue weighted by molar-refractivity contribution is 6.08. The van der Waals surface area contributed by atoms with Crippen LogP contribution >= 0.6 is 0 Å². The maximum absolute atomic E-state index is 13.8. The van der Waals surface area contributed by atoms with Crippen molar-refractivity contribution in [2.75, 3.05) is 6.54 Å². The molecular weight excluding hydrogens is 334 g/mol. The molecule has 0 N–H and O–H groups in total. The molecule has 0 saturated carbocycles. The topological polar surface area (TPSA) is 46.1 Å². The number of aromatic nitrogens is 2. The van der Waals surface area contributed by atoms with Crippen LogP contribution in [0.5, 0.6) is 0 Å². The number of likely N-dealkylation sites (tertiary alicyclic amines) is 1. The van der Waals surface area contributed by atoms with Gasteiger partial charge in [0.25, 0.3) is 5.91 Å². The van der Waals surface area contributed by atoms with E-state index in [1.54, 1.807) is 0 Å². The van der Waals surface area contributed by atoms with Gasteiger partial charge in [0, 0.05) is 23.8 Å². The van der Waals surface area contributed by atoms with Crippen molar-refractivity contribution in [2.24, 2.45) is 0 Å². The first-order chi connectivity index (χ1) is 13.1. The van der Waals surface area contributed by atoms with Crippen LogP contribution in [0.2, 0.25) is 0 Å². The highest BCUT2D eigenvalue weighted by Gasteiger charge is 2.31. The first-order valence-corrected chi connectivity index (χ1v) is 9.65. The van der Waals surface area contributed by atoms with Gasteiger partial charge in [-0.25, -0.2) is 0 Å². The second kappa shape index (κ2) is 7.10. The van der Waals surface area contributed by atoms with E-state index >= 15 is 0 Å². The maximum Gasteiger partial charge on any atom is 0.255 e. The van der Waals surface area contributed by atoms with Gasteiger partial charge >= 0.3 is 0 Å². The largest absolute Gasteiger partial charge is 0.330 e. The minimum absolute atomic E-state index is 0.0418. The van der Waals surface area contributed by atoms with Crippen LogP contribution in [-0.4, -0.2) is 27.3 Å². The van der Waals surface area contributed by atoms with Crippen LogP contribution in [0.1, 0.15) is 58.2 Å². The summed E-state index contributed by atoms with van der Waals surface area (Å²) in [4.78, 5) is 25.0. The normalized spacial score (nSPS) is 17.3. The number of aryl methyl sites for hydroxylation is 2. The molecule has 4 nitrogen and oxygen atoms in total. The molecule has 1 amide bonds. The second-order valence-electron chi connectivity index (χ2n) is 7.48. The Labute approximate surface area is 160 Å². The van der Waals surface area contributed by atoms with Crippen molar-refractivity contribution in [3.63, 3.8) is 0 Å². The van der Waals surface area contributed by atoms with Gasteiger partial charge in [-0.1, -0.05) is 17.7 Å². The molecule has 138 valence electrons. The lowest BCUT2D eigenvalue weighted by Crippen LogP contribution is -2.39. The Morgan fingerprint density at radius 3 is 2.74 bits per heavy atom. The van der Waals surface area contributed by atoms with Crippen molar-refractivity contribution in [2.45, 2.75) is 46.1 Å². The molecule has 1 fully saturated rings. The number of benzene rings is 1. The third-order valence-electron chi connectivity index (χ3n) is 5.63. The summed E-state index contributed by atoms with van der Waals surface area (Å²) < 4.78 is 0. The van der Waals surface area contributed by atoms with Gasteiger partial charge in [0.1, 0.15) is 0 Å². The van der Waals surface area contributed by atoms with E-state index in [1.165, 1.54) is 0 Å². The van der Waals surface area contributed by atoms with Crippen molar-refractivity contribution in [3.05, 3.63) is 70.7 Å². The smallest absolute Gasteiger partial charge is 0.255 e. The molecule has 1 aliphatic rings. The lowest BCUT2D eigenvalue weighted by Gasteiger charge is -2.36. The van der Waals surface area contributed by atoms with Gasteiger partial charge in [-0.3, -0.25) is 14.8 Å². The molecule has 2 aromatic heterocycles. The molecule has 3 aromatic rings. The van der Waals surface area contributed by atoms with Crippen LogP contribution in [-0.2, 0) is 0 Å². The van der Waals surface area contributed by atoms with Gasteiger partial charge in [0.15, 0.2) is 0 Å². The predicted octanol–water partition coefficient (Wildman–Crippen LogP) is 4.92. The minimum Gasteiger partial charge on any atom is -0.330 e. The van der Waals surface area contributed by atoms with Gasteiger partial charge in [-0.2, -0.15) is 0 Å². The lowest BCUT2D eigenvalue weighted by molar-refractivity contribution is 0.0607. The fourth-order valence-electron chi connectivity index (χ4n) is 4.07. The van der Waals surface area contributed by atoms with Crippen molar-refractivity contribution in [1.82, 2.24) is 14.9 Å². The van der Waals surface area contributed by atoms with E-state index in [-0.39, 0.29) is 11.9 Å². The standard InChI is InChI=1S/C23H25N3O/c1-15-10-11-19-18(14-15)22(16(2)17(3)25-19)23(27)26-13-7-5-9-21(26)20-8-4-6-12-24-20/h4,6,8,10-12,14,21H,5,7,9,13H2,1-3H3/t21-/m0/s1. The average molecular weight is 359 g/mol. The molecule has 4 heteroatoms. The molecule has 27 heavy (non-hydrogen) atoms. The first-order valence-electron chi connectivity index (χ1n) is 9.65. The van der Waals surface area contributed by atoms with Crippen LogP contribution < -0.4 is 0 Å². The Bertz CT molecular complexity index is 997. The summed E-state index contributed by atoms with van der Waals surface area (Å²) in [6, 6.07) is 12.1. The van der Waals surface area contributed by atoms with Crippen molar-refractivity contribution in [1.29, 1.82) is 0 Å². The third kappa shape index (κ3) is 3.20. The Hall–Kier alpha value is -2.75.